The van der Waals surface area contributed by atoms with Crippen molar-refractivity contribution >= 4 is 11.8 Å². The Morgan fingerprint density at radius 2 is 1.87 bits per heavy atom. The Kier molecular flexibility index (Phi) is 3.19. The fourth-order valence-corrected chi connectivity index (χ4v) is 1.79. The first-order valence-corrected chi connectivity index (χ1v) is 5.22. The molecule has 1 aliphatic heterocycles. The zero-order valence-corrected chi connectivity index (χ0v) is 10.2. The van der Waals surface area contributed by atoms with Crippen molar-refractivity contribution in [3.63, 3.8) is 0 Å². The lowest BCUT2D eigenvalue weighted by Gasteiger charge is -2.25. The van der Waals surface area contributed by atoms with Gasteiger partial charge < -0.3 is 0 Å². The van der Waals surface area contributed by atoms with Crippen molar-refractivity contribution in [2.45, 2.75) is 27.2 Å². The maximum atomic E-state index is 12.0. The molecule has 1 fully saturated rings. The summed E-state index contributed by atoms with van der Waals surface area (Å²) >= 11 is 0. The zero-order chi connectivity index (χ0) is 11.8. The van der Waals surface area contributed by atoms with Gasteiger partial charge in [-0.25, -0.2) is 0 Å². The summed E-state index contributed by atoms with van der Waals surface area (Å²) < 4.78 is 0. The molecule has 4 heteroatoms. The van der Waals surface area contributed by atoms with Crippen LogP contribution in [0.3, 0.4) is 0 Å². The molecule has 4 nitrogen and oxygen atoms in total. The van der Waals surface area contributed by atoms with E-state index in [1.165, 1.54) is 4.90 Å². The van der Waals surface area contributed by atoms with Gasteiger partial charge in [0, 0.05) is 6.42 Å². The lowest BCUT2D eigenvalue weighted by atomic mass is 9.80. The van der Waals surface area contributed by atoms with E-state index in [9.17, 15) is 9.59 Å². The number of nitrogens with zero attached hydrogens (tertiary/aromatic N) is 2. The average molecular weight is 212 g/mol. The van der Waals surface area contributed by atoms with Crippen LogP contribution < -0.4 is 0 Å². The third-order valence-electron chi connectivity index (χ3n) is 2.71. The van der Waals surface area contributed by atoms with Gasteiger partial charge in [-0.05, 0) is 19.5 Å². The van der Waals surface area contributed by atoms with Crippen LogP contribution in [0.5, 0.6) is 0 Å². The Morgan fingerprint density at radius 3 is 2.20 bits per heavy atom. The molecule has 15 heavy (non-hydrogen) atoms. The van der Waals surface area contributed by atoms with Crippen molar-refractivity contribution in [2.75, 3.05) is 20.8 Å². The topological polar surface area (TPSA) is 40.6 Å². The van der Waals surface area contributed by atoms with Crippen molar-refractivity contribution in [2.24, 2.45) is 11.3 Å². The van der Waals surface area contributed by atoms with Crippen LogP contribution in [0.2, 0.25) is 0 Å². The molecule has 86 valence electrons. The van der Waals surface area contributed by atoms with E-state index in [0.29, 0.717) is 13.1 Å². The Morgan fingerprint density at radius 1 is 1.33 bits per heavy atom. The molecule has 0 aromatic rings. The summed E-state index contributed by atoms with van der Waals surface area (Å²) in [5.74, 6) is -0.236. The number of imide groups is 1. The maximum Gasteiger partial charge on any atom is 0.234 e. The van der Waals surface area contributed by atoms with Gasteiger partial charge in [0.05, 0.1) is 12.6 Å². The van der Waals surface area contributed by atoms with E-state index in [-0.39, 0.29) is 23.1 Å². The quantitative estimate of drug-likeness (QED) is 0.639. The third-order valence-corrected chi connectivity index (χ3v) is 2.71. The van der Waals surface area contributed by atoms with Gasteiger partial charge in [-0.15, -0.1) is 0 Å². The number of hydrogen-bond donors (Lipinski definition) is 0. The number of amides is 2. The van der Waals surface area contributed by atoms with E-state index < -0.39 is 0 Å². The Hall–Kier alpha value is -0.900. The first-order valence-electron chi connectivity index (χ1n) is 5.22. The van der Waals surface area contributed by atoms with Crippen molar-refractivity contribution in [1.29, 1.82) is 0 Å². The third kappa shape index (κ3) is 2.56. The van der Waals surface area contributed by atoms with E-state index in [4.69, 9.17) is 0 Å². The number of hydrogen-bond acceptors (Lipinski definition) is 3. The van der Waals surface area contributed by atoms with Gasteiger partial charge in [0.2, 0.25) is 11.8 Å². The van der Waals surface area contributed by atoms with Gasteiger partial charge in [-0.2, -0.15) is 0 Å². The normalized spacial score (nSPS) is 23.1. The fourth-order valence-electron chi connectivity index (χ4n) is 1.79. The molecule has 0 N–H and O–H groups in total. The second kappa shape index (κ2) is 3.93. The Labute approximate surface area is 91.2 Å². The van der Waals surface area contributed by atoms with Gasteiger partial charge in [-0.1, -0.05) is 20.8 Å². The fraction of sp³-hybridized carbons (Fsp3) is 0.818. The Balaban J connectivity index is 2.80. The van der Waals surface area contributed by atoms with Gasteiger partial charge >= 0.3 is 0 Å². The molecule has 0 bridgehead atoms. The summed E-state index contributed by atoms with van der Waals surface area (Å²) in [4.78, 5) is 26.8. The summed E-state index contributed by atoms with van der Waals surface area (Å²) in [6.45, 7) is 6.40. The predicted molar refractivity (Wildman–Crippen MR) is 58.0 cm³/mol. The highest BCUT2D eigenvalue weighted by Crippen LogP contribution is 2.35. The smallest absolute Gasteiger partial charge is 0.234 e. The molecule has 0 saturated carbocycles. The van der Waals surface area contributed by atoms with Crippen molar-refractivity contribution in [3.05, 3.63) is 0 Å². The van der Waals surface area contributed by atoms with Crippen molar-refractivity contribution in [1.82, 2.24) is 9.80 Å². The van der Waals surface area contributed by atoms with Crippen molar-refractivity contribution in [3.8, 4) is 0 Å². The first-order chi connectivity index (χ1) is 6.73. The lowest BCUT2D eigenvalue weighted by molar-refractivity contribution is -0.142. The summed E-state index contributed by atoms with van der Waals surface area (Å²) in [6, 6.07) is 0. The summed E-state index contributed by atoms with van der Waals surface area (Å²) in [5, 5.41) is 0. The van der Waals surface area contributed by atoms with Crippen molar-refractivity contribution < 1.29 is 9.59 Å². The molecule has 1 saturated heterocycles. The van der Waals surface area contributed by atoms with Crippen LogP contribution in [0.1, 0.15) is 27.2 Å². The largest absolute Gasteiger partial charge is 0.292 e. The minimum atomic E-state index is -0.162. The molecule has 1 rings (SSSR count). The van der Waals surface area contributed by atoms with E-state index in [1.54, 1.807) is 0 Å². The minimum Gasteiger partial charge on any atom is -0.292 e. The highest BCUT2D eigenvalue weighted by Gasteiger charge is 2.44. The zero-order valence-electron chi connectivity index (χ0n) is 10.2. The molecule has 0 radical (unpaired) electrons. The number of carbonyl (C=O) groups excluding carboxylic acids is 2. The molecule has 0 aliphatic carbocycles. The number of likely N-dealkylation sites (tertiary alicyclic amines) is 1. The predicted octanol–water partition coefficient (Wildman–Crippen LogP) is 0.927. The van der Waals surface area contributed by atoms with Crippen LogP contribution in [0.15, 0.2) is 0 Å². The van der Waals surface area contributed by atoms with Gasteiger partial charge in [0.1, 0.15) is 0 Å². The number of carbonyl (C=O) groups is 2. The van der Waals surface area contributed by atoms with Gasteiger partial charge in [0.25, 0.3) is 0 Å². The van der Waals surface area contributed by atoms with E-state index in [2.05, 4.69) is 0 Å². The second-order valence-corrected chi connectivity index (χ2v) is 5.50. The van der Waals surface area contributed by atoms with Gasteiger partial charge in [-0.3, -0.25) is 19.4 Å². The molecule has 2 amide bonds. The first kappa shape index (κ1) is 12.2. The molecule has 0 aromatic carbocycles. The SMILES string of the molecule is CN(C)CN1C(=O)C[C@H](C(C)(C)C)C1=O. The number of rotatable bonds is 2. The molecule has 1 heterocycles. The standard InChI is InChI=1S/C11H20N2O2/c1-11(2,3)8-6-9(14)13(10(8)15)7-12(4)5/h8H,6-7H2,1-5H3/t8-/m0/s1. The van der Waals surface area contributed by atoms with Crippen LogP contribution in [-0.2, 0) is 9.59 Å². The molecule has 1 atom stereocenters. The Bertz CT molecular complexity index is 279. The van der Waals surface area contributed by atoms with E-state index in [0.717, 1.165) is 0 Å². The average Bonchev–Trinajstić information content (AvgIpc) is 2.30. The minimum absolute atomic E-state index is 0.0267. The highest BCUT2D eigenvalue weighted by atomic mass is 16.2. The molecule has 0 aromatic heterocycles. The maximum absolute atomic E-state index is 12.0. The summed E-state index contributed by atoms with van der Waals surface area (Å²) in [6.07, 6.45) is 0.357. The van der Waals surface area contributed by atoms with Crippen LogP contribution in [0.25, 0.3) is 0 Å². The highest BCUT2D eigenvalue weighted by molar-refractivity contribution is 6.03. The molecular formula is C11H20N2O2. The second-order valence-electron chi connectivity index (χ2n) is 5.50. The van der Waals surface area contributed by atoms with E-state index in [1.807, 2.05) is 39.8 Å². The molecule has 1 aliphatic rings. The van der Waals surface area contributed by atoms with Crippen LogP contribution in [0, 0.1) is 11.3 Å². The summed E-state index contributed by atoms with van der Waals surface area (Å²) in [5.41, 5.74) is -0.131. The molecule has 0 spiro atoms. The van der Waals surface area contributed by atoms with Crippen LogP contribution in [0.4, 0.5) is 0 Å². The molecular weight excluding hydrogens is 192 g/mol. The van der Waals surface area contributed by atoms with E-state index >= 15 is 0 Å². The summed E-state index contributed by atoms with van der Waals surface area (Å²) in [7, 11) is 3.70. The lowest BCUT2D eigenvalue weighted by Crippen LogP contribution is -2.39. The van der Waals surface area contributed by atoms with Gasteiger partial charge in [0.15, 0.2) is 0 Å². The van der Waals surface area contributed by atoms with Crippen LogP contribution >= 0.6 is 0 Å². The monoisotopic (exact) mass is 212 g/mol. The van der Waals surface area contributed by atoms with Crippen LogP contribution in [-0.4, -0.2) is 42.4 Å². The molecule has 0 unspecified atom stereocenters.